The Morgan fingerprint density at radius 1 is 1.08 bits per heavy atom. The first kappa shape index (κ1) is 19.0. The van der Waals surface area contributed by atoms with E-state index >= 15 is 0 Å². The van der Waals surface area contributed by atoms with Gasteiger partial charge in [-0.25, -0.2) is 0 Å². The average molecular weight is 356 g/mol. The van der Waals surface area contributed by atoms with E-state index in [2.05, 4.69) is 5.32 Å². The third-order valence-electron chi connectivity index (χ3n) is 3.70. The number of carboxylic acids is 1. The maximum Gasteiger partial charge on any atom is 0.305 e. The van der Waals surface area contributed by atoms with Crippen LogP contribution in [0.4, 0.5) is 0 Å². The van der Waals surface area contributed by atoms with Gasteiger partial charge < -0.3 is 20.9 Å². The number of nitrogens with one attached hydrogen (secondary N) is 1. The summed E-state index contributed by atoms with van der Waals surface area (Å²) in [4.78, 5) is 34.2. The molecule has 0 saturated carbocycles. The standard InChI is InChI=1S/C19H20N2O5/c1-12-2-4-13(5-3-12)16(10-18(23)24)21-17(22)11-26-15-8-6-14(7-9-15)19(20)25/h2-9,16H,10-11H2,1H3,(H2,20,25)(H,21,22)(H,23,24)/t16-/m0/s1. The first-order valence-electron chi connectivity index (χ1n) is 7.95. The molecule has 0 bridgehead atoms. The van der Waals surface area contributed by atoms with Gasteiger partial charge in [-0.1, -0.05) is 29.8 Å². The summed E-state index contributed by atoms with van der Waals surface area (Å²) < 4.78 is 5.35. The van der Waals surface area contributed by atoms with Crippen molar-refractivity contribution in [3.05, 3.63) is 65.2 Å². The summed E-state index contributed by atoms with van der Waals surface area (Å²) in [6, 6.07) is 12.7. The van der Waals surface area contributed by atoms with Crippen molar-refractivity contribution in [1.29, 1.82) is 0 Å². The van der Waals surface area contributed by atoms with Gasteiger partial charge in [0.25, 0.3) is 5.91 Å². The number of hydrogen-bond acceptors (Lipinski definition) is 4. The smallest absolute Gasteiger partial charge is 0.305 e. The fraction of sp³-hybridized carbons (Fsp3) is 0.211. The van der Waals surface area contributed by atoms with Gasteiger partial charge in [0, 0.05) is 5.56 Å². The number of carbonyl (C=O) groups is 3. The van der Waals surface area contributed by atoms with Crippen molar-refractivity contribution < 1.29 is 24.2 Å². The van der Waals surface area contributed by atoms with Crippen LogP contribution in [0.25, 0.3) is 0 Å². The van der Waals surface area contributed by atoms with Gasteiger partial charge in [0.1, 0.15) is 5.75 Å². The van der Waals surface area contributed by atoms with Crippen LogP contribution in [0.15, 0.2) is 48.5 Å². The first-order chi connectivity index (χ1) is 12.3. The molecule has 2 aromatic rings. The molecule has 0 aliphatic carbocycles. The van der Waals surface area contributed by atoms with E-state index in [1.165, 1.54) is 24.3 Å². The van der Waals surface area contributed by atoms with Crippen molar-refractivity contribution in [3.63, 3.8) is 0 Å². The largest absolute Gasteiger partial charge is 0.484 e. The van der Waals surface area contributed by atoms with E-state index in [-0.39, 0.29) is 13.0 Å². The molecule has 0 saturated heterocycles. The molecular formula is C19H20N2O5. The monoisotopic (exact) mass is 356 g/mol. The number of aliphatic carboxylic acids is 1. The van der Waals surface area contributed by atoms with Gasteiger partial charge in [0.15, 0.2) is 6.61 Å². The fourth-order valence-corrected chi connectivity index (χ4v) is 2.33. The number of ether oxygens (including phenoxy) is 1. The van der Waals surface area contributed by atoms with Crippen molar-refractivity contribution in [3.8, 4) is 5.75 Å². The molecule has 2 aromatic carbocycles. The molecule has 2 rings (SSSR count). The molecule has 7 heteroatoms. The molecule has 136 valence electrons. The molecule has 26 heavy (non-hydrogen) atoms. The molecule has 0 unspecified atom stereocenters. The zero-order chi connectivity index (χ0) is 19.1. The molecule has 0 aliphatic heterocycles. The minimum atomic E-state index is -1.01. The molecule has 2 amide bonds. The second-order valence-corrected chi connectivity index (χ2v) is 5.81. The summed E-state index contributed by atoms with van der Waals surface area (Å²) in [5.74, 6) is -1.62. The van der Waals surface area contributed by atoms with Gasteiger partial charge >= 0.3 is 5.97 Å². The third-order valence-corrected chi connectivity index (χ3v) is 3.70. The average Bonchev–Trinajstić information content (AvgIpc) is 2.60. The number of aryl methyl sites for hydroxylation is 1. The summed E-state index contributed by atoms with van der Waals surface area (Å²) in [5.41, 5.74) is 7.23. The number of benzene rings is 2. The van der Waals surface area contributed by atoms with Crippen LogP contribution >= 0.6 is 0 Å². The van der Waals surface area contributed by atoms with Crippen LogP contribution in [0.5, 0.6) is 5.75 Å². The highest BCUT2D eigenvalue weighted by atomic mass is 16.5. The Hall–Kier alpha value is -3.35. The van der Waals surface area contributed by atoms with Crippen LogP contribution in [-0.4, -0.2) is 29.5 Å². The predicted molar refractivity (Wildman–Crippen MR) is 94.8 cm³/mol. The number of rotatable bonds is 8. The zero-order valence-electron chi connectivity index (χ0n) is 14.3. The number of amides is 2. The highest BCUT2D eigenvalue weighted by Gasteiger charge is 2.18. The highest BCUT2D eigenvalue weighted by Crippen LogP contribution is 2.18. The maximum atomic E-state index is 12.1. The van der Waals surface area contributed by atoms with Crippen LogP contribution in [0.3, 0.4) is 0 Å². The highest BCUT2D eigenvalue weighted by molar-refractivity contribution is 5.92. The van der Waals surface area contributed by atoms with Gasteiger partial charge in [0.05, 0.1) is 12.5 Å². The van der Waals surface area contributed by atoms with Crippen molar-refractivity contribution in [1.82, 2.24) is 5.32 Å². The van der Waals surface area contributed by atoms with Gasteiger partial charge in [-0.3, -0.25) is 14.4 Å². The van der Waals surface area contributed by atoms with E-state index in [9.17, 15) is 14.4 Å². The zero-order valence-corrected chi connectivity index (χ0v) is 14.3. The van der Waals surface area contributed by atoms with E-state index in [0.717, 1.165) is 5.56 Å². The minimum absolute atomic E-state index is 0.234. The summed E-state index contributed by atoms with van der Waals surface area (Å²) in [7, 11) is 0. The van der Waals surface area contributed by atoms with Crippen LogP contribution < -0.4 is 15.8 Å². The molecular weight excluding hydrogens is 336 g/mol. The summed E-state index contributed by atoms with van der Waals surface area (Å²) >= 11 is 0. The van der Waals surface area contributed by atoms with Gasteiger partial charge in [0.2, 0.25) is 5.91 Å². The molecule has 4 N–H and O–H groups in total. The lowest BCUT2D eigenvalue weighted by atomic mass is 10.0. The van der Waals surface area contributed by atoms with Crippen LogP contribution in [0.1, 0.15) is 33.9 Å². The van der Waals surface area contributed by atoms with E-state index < -0.39 is 23.8 Å². The Labute approximate surface area is 150 Å². The quantitative estimate of drug-likeness (QED) is 0.666. The van der Waals surface area contributed by atoms with Crippen LogP contribution in [0.2, 0.25) is 0 Å². The van der Waals surface area contributed by atoms with E-state index in [1.807, 2.05) is 19.1 Å². The number of nitrogens with two attached hydrogens (primary N) is 1. The topological polar surface area (TPSA) is 119 Å². The number of primary amides is 1. The SMILES string of the molecule is Cc1ccc([C@H](CC(=O)O)NC(=O)COc2ccc(C(N)=O)cc2)cc1. The Balaban J connectivity index is 1.97. The van der Waals surface area contributed by atoms with E-state index in [4.69, 9.17) is 15.6 Å². The molecule has 7 nitrogen and oxygen atoms in total. The molecule has 0 radical (unpaired) electrons. The predicted octanol–water partition coefficient (Wildman–Crippen LogP) is 1.80. The van der Waals surface area contributed by atoms with Gasteiger partial charge in [-0.2, -0.15) is 0 Å². The van der Waals surface area contributed by atoms with Crippen molar-refractivity contribution in [2.24, 2.45) is 5.73 Å². The number of carbonyl (C=O) groups excluding carboxylic acids is 2. The molecule has 0 fully saturated rings. The summed E-state index contributed by atoms with van der Waals surface area (Å²) in [5, 5.41) is 11.7. The Morgan fingerprint density at radius 3 is 2.23 bits per heavy atom. The molecule has 0 spiro atoms. The summed E-state index contributed by atoms with van der Waals surface area (Å²) in [6.45, 7) is 1.64. The normalized spacial score (nSPS) is 11.4. The maximum absolute atomic E-state index is 12.1. The summed E-state index contributed by atoms with van der Waals surface area (Å²) in [6.07, 6.45) is -0.234. The van der Waals surface area contributed by atoms with Crippen molar-refractivity contribution in [2.75, 3.05) is 6.61 Å². The second-order valence-electron chi connectivity index (χ2n) is 5.81. The van der Waals surface area contributed by atoms with Crippen LogP contribution in [-0.2, 0) is 9.59 Å². The first-order valence-corrected chi connectivity index (χ1v) is 7.95. The Morgan fingerprint density at radius 2 is 1.69 bits per heavy atom. The molecule has 0 aromatic heterocycles. The van der Waals surface area contributed by atoms with Crippen molar-refractivity contribution in [2.45, 2.75) is 19.4 Å². The molecule has 0 heterocycles. The third kappa shape index (κ3) is 5.62. The lowest BCUT2D eigenvalue weighted by molar-refractivity contribution is -0.137. The Bertz CT molecular complexity index is 785. The Kier molecular flexibility index (Phi) is 6.32. The lowest BCUT2D eigenvalue weighted by Crippen LogP contribution is -2.33. The fourth-order valence-electron chi connectivity index (χ4n) is 2.33. The van der Waals surface area contributed by atoms with Crippen LogP contribution in [0, 0.1) is 6.92 Å². The van der Waals surface area contributed by atoms with Gasteiger partial charge in [-0.15, -0.1) is 0 Å². The number of carboxylic acid groups (broad SMARTS) is 1. The van der Waals surface area contributed by atoms with E-state index in [0.29, 0.717) is 16.9 Å². The van der Waals surface area contributed by atoms with Crippen molar-refractivity contribution >= 4 is 17.8 Å². The molecule has 0 aliphatic rings. The van der Waals surface area contributed by atoms with Gasteiger partial charge in [-0.05, 0) is 36.8 Å². The second kappa shape index (κ2) is 8.66. The molecule has 1 atom stereocenters. The number of hydrogen-bond donors (Lipinski definition) is 3. The lowest BCUT2D eigenvalue weighted by Gasteiger charge is -2.18. The van der Waals surface area contributed by atoms with E-state index in [1.54, 1.807) is 12.1 Å². The minimum Gasteiger partial charge on any atom is -0.484 e.